The largest absolute Gasteiger partial charge is 0.395 e. The highest BCUT2D eigenvalue weighted by atomic mass is 32.2. The quantitative estimate of drug-likeness (QED) is 0.714. The van der Waals surface area contributed by atoms with Crippen LogP contribution in [0.25, 0.3) is 0 Å². The van der Waals surface area contributed by atoms with Crippen molar-refractivity contribution < 1.29 is 13.5 Å². The van der Waals surface area contributed by atoms with Crippen LogP contribution in [-0.2, 0) is 16.8 Å². The molecule has 0 radical (unpaired) electrons. The monoisotopic (exact) mass is 310 g/mol. The molecule has 0 aliphatic rings. The van der Waals surface area contributed by atoms with Gasteiger partial charge in [-0.15, -0.1) is 0 Å². The predicted octanol–water partition coefficient (Wildman–Crippen LogP) is 1.14. The summed E-state index contributed by atoms with van der Waals surface area (Å²) < 4.78 is 28.6. The smallest absolute Gasteiger partial charge is 0.277 e. The molecule has 0 aliphatic carbocycles. The number of aliphatic hydroxyl groups is 1. The molecule has 0 atom stereocenters. The number of benzene rings is 1. The van der Waals surface area contributed by atoms with Crippen LogP contribution in [0.2, 0.25) is 0 Å². The fraction of sp³-hybridized carbons (Fsp3) is 0.467. The van der Waals surface area contributed by atoms with Gasteiger partial charge in [-0.2, -0.15) is 17.9 Å². The maximum atomic E-state index is 11.8. The number of rotatable bonds is 5. The fourth-order valence-corrected chi connectivity index (χ4v) is 2.78. The van der Waals surface area contributed by atoms with E-state index in [2.05, 4.69) is 21.3 Å². The van der Waals surface area contributed by atoms with Crippen LogP contribution >= 0.6 is 0 Å². The molecule has 6 heteroatoms. The van der Waals surface area contributed by atoms with Gasteiger partial charge in [0, 0.05) is 24.1 Å². The van der Waals surface area contributed by atoms with Crippen LogP contribution in [-0.4, -0.2) is 25.7 Å². The van der Waals surface area contributed by atoms with Gasteiger partial charge in [0.25, 0.3) is 10.2 Å². The van der Waals surface area contributed by atoms with Crippen molar-refractivity contribution in [1.29, 1.82) is 0 Å². The summed E-state index contributed by atoms with van der Waals surface area (Å²) in [7, 11) is -3.52. The average molecular weight is 310 g/mol. The Kier molecular flexibility index (Phi) is 6.37. The van der Waals surface area contributed by atoms with Crippen LogP contribution < -0.4 is 9.44 Å². The molecule has 1 aromatic rings. The molecule has 0 fully saturated rings. The normalized spacial score (nSPS) is 11.8. The van der Waals surface area contributed by atoms with Crippen LogP contribution in [0.1, 0.15) is 38.3 Å². The Bertz CT molecular complexity index is 605. The zero-order valence-corrected chi connectivity index (χ0v) is 13.4. The molecular weight excluding hydrogens is 288 g/mol. The zero-order valence-electron chi connectivity index (χ0n) is 12.6. The fourth-order valence-electron chi connectivity index (χ4n) is 1.54. The first-order valence-electron chi connectivity index (χ1n) is 6.69. The summed E-state index contributed by atoms with van der Waals surface area (Å²) in [6.45, 7) is 5.62. The van der Waals surface area contributed by atoms with Gasteiger partial charge in [-0.25, -0.2) is 0 Å². The van der Waals surface area contributed by atoms with Gasteiger partial charge in [0.2, 0.25) is 0 Å². The summed E-state index contributed by atoms with van der Waals surface area (Å²) >= 11 is 0. The molecule has 0 unspecified atom stereocenters. The standard InChI is InChI=1S/C15H22N2O3S/c1-15(2,3)17-21(19,20)16-12-14-9-7-13(8-10-14)6-4-5-11-18/h7-10,16-18H,5,11-12H2,1-3H3. The summed E-state index contributed by atoms with van der Waals surface area (Å²) in [5.41, 5.74) is 1.17. The average Bonchev–Trinajstić information content (AvgIpc) is 2.35. The Labute approximate surface area is 127 Å². The van der Waals surface area contributed by atoms with Gasteiger partial charge >= 0.3 is 0 Å². The third-order valence-corrected chi connectivity index (χ3v) is 3.74. The second-order valence-electron chi connectivity index (χ2n) is 5.65. The van der Waals surface area contributed by atoms with Gasteiger partial charge in [0.05, 0.1) is 6.61 Å². The Morgan fingerprint density at radius 3 is 2.33 bits per heavy atom. The number of nitrogens with one attached hydrogen (secondary N) is 2. The molecule has 0 saturated heterocycles. The van der Waals surface area contributed by atoms with Crippen molar-refractivity contribution in [1.82, 2.24) is 9.44 Å². The Hall–Kier alpha value is -1.39. The van der Waals surface area contributed by atoms with E-state index in [-0.39, 0.29) is 13.2 Å². The lowest BCUT2D eigenvalue weighted by molar-refractivity contribution is 0.305. The minimum atomic E-state index is -3.52. The summed E-state index contributed by atoms with van der Waals surface area (Å²) in [4.78, 5) is 0. The maximum absolute atomic E-state index is 11.8. The van der Waals surface area contributed by atoms with Gasteiger partial charge < -0.3 is 5.11 Å². The zero-order chi connectivity index (χ0) is 15.9. The molecule has 21 heavy (non-hydrogen) atoms. The second-order valence-corrected chi connectivity index (χ2v) is 7.15. The van der Waals surface area contributed by atoms with Crippen molar-refractivity contribution in [2.75, 3.05) is 6.61 Å². The molecule has 0 spiro atoms. The van der Waals surface area contributed by atoms with Gasteiger partial charge in [0.1, 0.15) is 0 Å². The van der Waals surface area contributed by atoms with E-state index in [1.807, 2.05) is 24.3 Å². The van der Waals surface area contributed by atoms with Crippen molar-refractivity contribution in [2.24, 2.45) is 0 Å². The molecule has 116 valence electrons. The van der Waals surface area contributed by atoms with E-state index in [9.17, 15) is 8.42 Å². The van der Waals surface area contributed by atoms with Crippen LogP contribution in [0.5, 0.6) is 0 Å². The lowest BCUT2D eigenvalue weighted by Gasteiger charge is -2.20. The van der Waals surface area contributed by atoms with E-state index in [1.165, 1.54) is 0 Å². The van der Waals surface area contributed by atoms with Crippen LogP contribution in [0, 0.1) is 11.8 Å². The molecule has 0 bridgehead atoms. The number of hydrogen-bond acceptors (Lipinski definition) is 3. The van der Waals surface area contributed by atoms with E-state index in [4.69, 9.17) is 5.11 Å². The van der Waals surface area contributed by atoms with Crippen molar-refractivity contribution >= 4 is 10.2 Å². The van der Waals surface area contributed by atoms with Gasteiger partial charge in [-0.1, -0.05) is 24.0 Å². The van der Waals surface area contributed by atoms with E-state index >= 15 is 0 Å². The summed E-state index contributed by atoms with van der Waals surface area (Å²) in [5.74, 6) is 5.75. The maximum Gasteiger partial charge on any atom is 0.277 e. The Morgan fingerprint density at radius 1 is 1.19 bits per heavy atom. The van der Waals surface area contributed by atoms with Crippen LogP contribution in [0.4, 0.5) is 0 Å². The van der Waals surface area contributed by atoms with Crippen LogP contribution in [0.3, 0.4) is 0 Å². The SMILES string of the molecule is CC(C)(C)NS(=O)(=O)NCc1ccc(C#CCCO)cc1. The summed E-state index contributed by atoms with van der Waals surface area (Å²) in [5, 5.41) is 8.64. The minimum absolute atomic E-state index is 0.0492. The second kappa shape index (κ2) is 7.57. The molecule has 0 heterocycles. The van der Waals surface area contributed by atoms with Crippen LogP contribution in [0.15, 0.2) is 24.3 Å². The molecule has 3 N–H and O–H groups in total. The summed E-state index contributed by atoms with van der Waals surface area (Å²) in [6.07, 6.45) is 0.444. The molecule has 0 amide bonds. The lowest BCUT2D eigenvalue weighted by atomic mass is 10.1. The highest BCUT2D eigenvalue weighted by Gasteiger charge is 2.18. The minimum Gasteiger partial charge on any atom is -0.395 e. The molecule has 0 aromatic heterocycles. The third kappa shape index (κ3) is 7.83. The van der Waals surface area contributed by atoms with Gasteiger partial charge in [0.15, 0.2) is 0 Å². The van der Waals surface area contributed by atoms with E-state index in [1.54, 1.807) is 20.8 Å². The molecule has 0 aliphatic heterocycles. The lowest BCUT2D eigenvalue weighted by Crippen LogP contribution is -2.46. The van der Waals surface area contributed by atoms with Crippen molar-refractivity contribution in [3.05, 3.63) is 35.4 Å². The third-order valence-electron chi connectivity index (χ3n) is 2.33. The Morgan fingerprint density at radius 2 is 1.81 bits per heavy atom. The van der Waals surface area contributed by atoms with Gasteiger partial charge in [-0.3, -0.25) is 0 Å². The van der Waals surface area contributed by atoms with Crippen molar-refractivity contribution in [3.63, 3.8) is 0 Å². The highest BCUT2D eigenvalue weighted by Crippen LogP contribution is 2.05. The van der Waals surface area contributed by atoms with Crippen molar-refractivity contribution in [2.45, 2.75) is 39.3 Å². The number of aliphatic hydroxyl groups excluding tert-OH is 1. The molecule has 1 aromatic carbocycles. The molecular formula is C15H22N2O3S. The predicted molar refractivity (Wildman–Crippen MR) is 83.7 cm³/mol. The first-order valence-corrected chi connectivity index (χ1v) is 8.17. The first-order chi connectivity index (χ1) is 9.72. The topological polar surface area (TPSA) is 78.4 Å². The highest BCUT2D eigenvalue weighted by molar-refractivity contribution is 7.87. The van der Waals surface area contributed by atoms with Crippen molar-refractivity contribution in [3.8, 4) is 11.8 Å². The molecule has 5 nitrogen and oxygen atoms in total. The molecule has 0 saturated carbocycles. The molecule has 1 rings (SSSR count). The van der Waals surface area contributed by atoms with E-state index < -0.39 is 15.7 Å². The number of hydrogen-bond donors (Lipinski definition) is 3. The Balaban J connectivity index is 2.59. The van der Waals surface area contributed by atoms with E-state index in [0.717, 1.165) is 11.1 Å². The van der Waals surface area contributed by atoms with E-state index in [0.29, 0.717) is 6.42 Å². The summed E-state index contributed by atoms with van der Waals surface area (Å²) in [6, 6.07) is 7.29. The first kappa shape index (κ1) is 17.7. The van der Waals surface area contributed by atoms with Gasteiger partial charge in [-0.05, 0) is 38.5 Å².